The molecule has 0 aromatic carbocycles. The molecule has 3 nitrogen and oxygen atoms in total. The van der Waals surface area contributed by atoms with E-state index in [0.29, 0.717) is 12.0 Å². The van der Waals surface area contributed by atoms with Crippen LogP contribution >= 0.6 is 11.5 Å². The number of rotatable bonds is 5. The van der Waals surface area contributed by atoms with Crippen molar-refractivity contribution in [1.82, 2.24) is 9.36 Å². The Morgan fingerprint density at radius 1 is 1.71 bits per heavy atom. The Morgan fingerprint density at radius 2 is 2.50 bits per heavy atom. The van der Waals surface area contributed by atoms with Crippen molar-refractivity contribution < 1.29 is 0 Å². The molecule has 0 saturated heterocycles. The lowest BCUT2D eigenvalue weighted by Gasteiger charge is -2.08. The zero-order chi connectivity index (χ0) is 9.97. The molecule has 1 atom stereocenters. The van der Waals surface area contributed by atoms with Crippen LogP contribution in [-0.2, 0) is 0 Å². The molecule has 0 spiro atoms. The molecule has 0 aliphatic heterocycles. The van der Waals surface area contributed by atoms with Gasteiger partial charge in [-0.1, -0.05) is 6.08 Å². The summed E-state index contributed by atoms with van der Waals surface area (Å²) in [6.07, 6.45) is 5.40. The van der Waals surface area contributed by atoms with Crippen LogP contribution in [0, 0.1) is 0 Å². The van der Waals surface area contributed by atoms with Gasteiger partial charge in [0.1, 0.15) is 5.82 Å². The van der Waals surface area contributed by atoms with Gasteiger partial charge in [-0.25, -0.2) is 4.98 Å². The predicted molar refractivity (Wildman–Crippen MR) is 59.8 cm³/mol. The van der Waals surface area contributed by atoms with Gasteiger partial charge < -0.3 is 5.32 Å². The van der Waals surface area contributed by atoms with Crippen molar-refractivity contribution in [1.29, 1.82) is 0 Å². The maximum atomic E-state index is 4.46. The minimum Gasteiger partial charge on any atom is -0.358 e. The summed E-state index contributed by atoms with van der Waals surface area (Å²) in [5, 5.41) is 4.27. The first-order valence-electron chi connectivity index (χ1n) is 5.00. The van der Waals surface area contributed by atoms with Crippen molar-refractivity contribution in [2.45, 2.75) is 38.1 Å². The Morgan fingerprint density at radius 3 is 3.14 bits per heavy atom. The SMILES string of the molecule is C=CCC(C)Nc1nc(C2CC2)ns1. The highest BCUT2D eigenvalue weighted by molar-refractivity contribution is 7.09. The van der Waals surface area contributed by atoms with Gasteiger partial charge in [0.2, 0.25) is 5.13 Å². The Hall–Kier alpha value is -0.900. The molecule has 1 saturated carbocycles. The molecule has 1 heterocycles. The zero-order valence-corrected chi connectivity index (χ0v) is 9.18. The summed E-state index contributed by atoms with van der Waals surface area (Å²) in [6.45, 7) is 5.84. The lowest BCUT2D eigenvalue weighted by molar-refractivity contribution is 0.810. The lowest BCUT2D eigenvalue weighted by atomic mass is 10.2. The van der Waals surface area contributed by atoms with Crippen LogP contribution in [-0.4, -0.2) is 15.4 Å². The van der Waals surface area contributed by atoms with Gasteiger partial charge in [-0.05, 0) is 26.2 Å². The third-order valence-corrected chi connectivity index (χ3v) is 2.93. The standard InChI is InChI=1S/C10H15N3S/c1-3-4-7(2)11-10-12-9(13-14-10)8-5-6-8/h3,7-8H,1,4-6H2,2H3,(H,11,12,13). The summed E-state index contributed by atoms with van der Waals surface area (Å²) in [4.78, 5) is 4.46. The summed E-state index contributed by atoms with van der Waals surface area (Å²) in [7, 11) is 0. The van der Waals surface area contributed by atoms with Crippen molar-refractivity contribution in [3.05, 3.63) is 18.5 Å². The van der Waals surface area contributed by atoms with E-state index < -0.39 is 0 Å². The zero-order valence-electron chi connectivity index (χ0n) is 8.36. The second kappa shape index (κ2) is 4.09. The van der Waals surface area contributed by atoms with E-state index in [4.69, 9.17) is 0 Å². The Labute approximate surface area is 88.4 Å². The van der Waals surface area contributed by atoms with E-state index in [9.17, 15) is 0 Å². The Kier molecular flexibility index (Phi) is 2.82. The normalized spacial score (nSPS) is 17.8. The van der Waals surface area contributed by atoms with Gasteiger partial charge >= 0.3 is 0 Å². The van der Waals surface area contributed by atoms with Crippen LogP contribution in [0.1, 0.15) is 37.9 Å². The summed E-state index contributed by atoms with van der Waals surface area (Å²) in [6, 6.07) is 0.396. The Balaban J connectivity index is 1.91. The fourth-order valence-corrected chi connectivity index (χ4v) is 2.08. The lowest BCUT2D eigenvalue weighted by Crippen LogP contribution is -2.13. The number of nitrogens with one attached hydrogen (secondary N) is 1. The van der Waals surface area contributed by atoms with E-state index in [-0.39, 0.29) is 0 Å². The second-order valence-corrected chi connectivity index (χ2v) is 4.55. The van der Waals surface area contributed by atoms with E-state index in [2.05, 4.69) is 28.2 Å². The molecule has 1 unspecified atom stereocenters. The van der Waals surface area contributed by atoms with Gasteiger partial charge in [-0.3, -0.25) is 0 Å². The number of hydrogen-bond donors (Lipinski definition) is 1. The van der Waals surface area contributed by atoms with Crippen molar-refractivity contribution in [3.8, 4) is 0 Å². The van der Waals surface area contributed by atoms with Crippen LogP contribution in [0.4, 0.5) is 5.13 Å². The monoisotopic (exact) mass is 209 g/mol. The first-order valence-corrected chi connectivity index (χ1v) is 5.78. The summed E-state index contributed by atoms with van der Waals surface area (Å²) in [5.74, 6) is 1.68. The highest BCUT2D eigenvalue weighted by Crippen LogP contribution is 2.39. The topological polar surface area (TPSA) is 37.8 Å². The molecule has 1 aromatic heterocycles. The average molecular weight is 209 g/mol. The molecule has 1 aliphatic rings. The van der Waals surface area contributed by atoms with Crippen LogP contribution in [0.25, 0.3) is 0 Å². The molecule has 1 aliphatic carbocycles. The summed E-state index contributed by atoms with van der Waals surface area (Å²) >= 11 is 1.47. The number of hydrogen-bond acceptors (Lipinski definition) is 4. The first kappa shape index (κ1) is 9.65. The fourth-order valence-electron chi connectivity index (χ4n) is 1.32. The van der Waals surface area contributed by atoms with E-state index in [1.54, 1.807) is 0 Å². The predicted octanol–water partition coefficient (Wildman–Crippen LogP) is 2.79. The summed E-state index contributed by atoms with van der Waals surface area (Å²) < 4.78 is 4.33. The quantitative estimate of drug-likeness (QED) is 0.758. The van der Waals surface area contributed by atoms with Crippen LogP contribution in [0.2, 0.25) is 0 Å². The van der Waals surface area contributed by atoms with Gasteiger partial charge in [0.25, 0.3) is 0 Å². The molecule has 4 heteroatoms. The van der Waals surface area contributed by atoms with Crippen LogP contribution in [0.15, 0.2) is 12.7 Å². The third kappa shape index (κ3) is 2.32. The van der Waals surface area contributed by atoms with Crippen LogP contribution in [0.3, 0.4) is 0 Å². The van der Waals surface area contributed by atoms with Crippen molar-refractivity contribution >= 4 is 16.7 Å². The van der Waals surface area contributed by atoms with Gasteiger partial charge in [0.05, 0.1) is 0 Å². The van der Waals surface area contributed by atoms with Crippen molar-refractivity contribution in [2.24, 2.45) is 0 Å². The van der Waals surface area contributed by atoms with E-state index in [1.165, 1.54) is 24.4 Å². The average Bonchev–Trinajstić information content (AvgIpc) is 2.89. The molecule has 0 bridgehead atoms. The van der Waals surface area contributed by atoms with Gasteiger partial charge in [0, 0.05) is 23.5 Å². The molecular formula is C10H15N3S. The highest BCUT2D eigenvalue weighted by Gasteiger charge is 2.27. The van der Waals surface area contributed by atoms with Gasteiger partial charge in [-0.2, -0.15) is 4.37 Å². The number of aromatic nitrogens is 2. The smallest absolute Gasteiger partial charge is 0.202 e. The number of anilines is 1. The minimum atomic E-state index is 0.396. The van der Waals surface area contributed by atoms with Gasteiger partial charge in [0.15, 0.2) is 0 Å². The highest BCUT2D eigenvalue weighted by atomic mass is 32.1. The fraction of sp³-hybridized carbons (Fsp3) is 0.600. The molecule has 1 aromatic rings. The minimum absolute atomic E-state index is 0.396. The summed E-state index contributed by atoms with van der Waals surface area (Å²) in [5.41, 5.74) is 0. The van der Waals surface area contributed by atoms with Crippen LogP contribution < -0.4 is 5.32 Å². The maximum Gasteiger partial charge on any atom is 0.202 e. The Bertz CT molecular complexity index is 317. The molecular weight excluding hydrogens is 194 g/mol. The van der Waals surface area contributed by atoms with Crippen molar-refractivity contribution in [2.75, 3.05) is 5.32 Å². The van der Waals surface area contributed by atoms with Gasteiger partial charge in [-0.15, -0.1) is 6.58 Å². The molecule has 0 radical (unpaired) electrons. The molecule has 0 amide bonds. The first-order chi connectivity index (χ1) is 6.79. The molecule has 14 heavy (non-hydrogen) atoms. The third-order valence-electron chi connectivity index (χ3n) is 2.27. The molecule has 76 valence electrons. The van der Waals surface area contributed by atoms with E-state index in [0.717, 1.165) is 17.4 Å². The number of nitrogens with zero attached hydrogens (tertiary/aromatic N) is 2. The maximum absolute atomic E-state index is 4.46. The van der Waals surface area contributed by atoms with E-state index >= 15 is 0 Å². The van der Waals surface area contributed by atoms with E-state index in [1.807, 2.05) is 6.08 Å². The van der Waals surface area contributed by atoms with Crippen molar-refractivity contribution in [3.63, 3.8) is 0 Å². The molecule has 2 rings (SSSR count). The largest absolute Gasteiger partial charge is 0.358 e. The second-order valence-electron chi connectivity index (χ2n) is 3.80. The molecule has 1 N–H and O–H groups in total. The molecule has 1 fully saturated rings. The van der Waals surface area contributed by atoms with Crippen LogP contribution in [0.5, 0.6) is 0 Å².